The first kappa shape index (κ1) is 23.2. The van der Waals surface area contributed by atoms with Crippen LogP contribution in [0.15, 0.2) is 71.2 Å². The molecule has 0 aromatic heterocycles. The van der Waals surface area contributed by atoms with Gasteiger partial charge in [0.2, 0.25) is 0 Å². The third kappa shape index (κ3) is 3.38. The molecule has 3 aromatic rings. The van der Waals surface area contributed by atoms with E-state index in [0.29, 0.717) is 30.2 Å². The van der Waals surface area contributed by atoms with Crippen molar-refractivity contribution in [3.63, 3.8) is 0 Å². The molecular formula is C28H26BrN3O4. The lowest BCUT2D eigenvalue weighted by Crippen LogP contribution is -2.55. The van der Waals surface area contributed by atoms with Crippen LogP contribution in [-0.2, 0) is 16.9 Å². The molecule has 36 heavy (non-hydrogen) atoms. The average Bonchev–Trinajstić information content (AvgIpc) is 3.52. The summed E-state index contributed by atoms with van der Waals surface area (Å²) >= 11 is 3.57. The summed E-state index contributed by atoms with van der Waals surface area (Å²) in [5, 5.41) is 15.8. The number of carbonyl (C=O) groups excluding carboxylic acids is 1. The Morgan fingerprint density at radius 2 is 1.94 bits per heavy atom. The number of para-hydroxylation sites is 1. The Kier molecular flexibility index (Phi) is 5.61. The molecule has 0 saturated carbocycles. The lowest BCUT2D eigenvalue weighted by Gasteiger charge is -2.32. The molecule has 184 valence electrons. The highest BCUT2D eigenvalue weighted by molar-refractivity contribution is 9.10. The van der Waals surface area contributed by atoms with E-state index in [-0.39, 0.29) is 16.9 Å². The quantitative estimate of drug-likeness (QED) is 0.342. The monoisotopic (exact) mass is 547 g/mol. The van der Waals surface area contributed by atoms with Crippen LogP contribution in [0.25, 0.3) is 0 Å². The number of hydrogen-bond acceptors (Lipinski definition) is 5. The summed E-state index contributed by atoms with van der Waals surface area (Å²) in [6.07, 6.45) is 1.67. The van der Waals surface area contributed by atoms with E-state index < -0.39 is 17.5 Å². The van der Waals surface area contributed by atoms with Gasteiger partial charge in [0.25, 0.3) is 11.9 Å². The first-order chi connectivity index (χ1) is 17.4. The third-order valence-corrected chi connectivity index (χ3v) is 8.43. The van der Waals surface area contributed by atoms with Gasteiger partial charge in [-0.2, -0.15) is 0 Å². The predicted molar refractivity (Wildman–Crippen MR) is 140 cm³/mol. The maximum Gasteiger partial charge on any atom is 0.256 e. The van der Waals surface area contributed by atoms with E-state index in [9.17, 15) is 14.9 Å². The van der Waals surface area contributed by atoms with Gasteiger partial charge in [0.05, 0.1) is 5.92 Å². The van der Waals surface area contributed by atoms with Crippen LogP contribution in [0.3, 0.4) is 0 Å². The molecule has 7 nitrogen and oxygen atoms in total. The number of ether oxygens (including phenoxy) is 1. The van der Waals surface area contributed by atoms with Crippen LogP contribution in [-0.4, -0.2) is 34.4 Å². The van der Waals surface area contributed by atoms with E-state index in [1.165, 1.54) is 5.56 Å². The van der Waals surface area contributed by atoms with Crippen molar-refractivity contribution in [2.75, 3.05) is 11.9 Å². The summed E-state index contributed by atoms with van der Waals surface area (Å²) in [6, 6.07) is 19.9. The number of hydrogen-bond donors (Lipinski definition) is 1. The first-order valence-electron chi connectivity index (χ1n) is 12.2. The Morgan fingerprint density at radius 1 is 1.17 bits per heavy atom. The van der Waals surface area contributed by atoms with Crippen LogP contribution in [0, 0.1) is 17.0 Å². The molecule has 0 aliphatic carbocycles. The summed E-state index contributed by atoms with van der Waals surface area (Å²) in [7, 11) is 0. The summed E-state index contributed by atoms with van der Waals surface area (Å²) in [4.78, 5) is 28.4. The standard InChI is InChI=1S/C28H26BrN3O4/c1-17-8-10-18(11-9-17)16-36-24-13-12-19(29)15-20(24)25-23-7-4-14-31(23)28(26(25)32(34)35)21-5-2-3-6-22(21)30-27(28)33/h2-3,5-6,8-13,15,23,25-26H,4,7,14,16H2,1H3,(H,30,33)/t23-,25+,26-,28+/m0/s1. The highest BCUT2D eigenvalue weighted by Crippen LogP contribution is 2.59. The summed E-state index contributed by atoms with van der Waals surface area (Å²) in [5.74, 6) is -0.201. The molecule has 0 unspecified atom stereocenters. The fourth-order valence-corrected chi connectivity index (χ4v) is 6.88. The molecule has 3 aliphatic rings. The zero-order chi connectivity index (χ0) is 25.0. The first-order valence-corrected chi connectivity index (χ1v) is 13.0. The zero-order valence-electron chi connectivity index (χ0n) is 19.8. The normalized spacial score (nSPS) is 26.6. The van der Waals surface area contributed by atoms with Gasteiger partial charge in [0.1, 0.15) is 12.4 Å². The number of anilines is 1. The van der Waals surface area contributed by atoms with Crippen molar-refractivity contribution in [3.8, 4) is 5.75 Å². The van der Waals surface area contributed by atoms with Crippen LogP contribution < -0.4 is 10.1 Å². The van der Waals surface area contributed by atoms with E-state index in [1.807, 2.05) is 73.7 Å². The lowest BCUT2D eigenvalue weighted by atomic mass is 9.77. The number of carbonyl (C=O) groups is 1. The fourth-order valence-electron chi connectivity index (χ4n) is 6.50. The van der Waals surface area contributed by atoms with Crippen molar-refractivity contribution in [3.05, 3.63) is 104 Å². The van der Waals surface area contributed by atoms with Crippen LogP contribution in [0.1, 0.15) is 41.0 Å². The fraction of sp³-hybridized carbons (Fsp3) is 0.321. The van der Waals surface area contributed by atoms with E-state index >= 15 is 0 Å². The van der Waals surface area contributed by atoms with E-state index in [2.05, 4.69) is 26.1 Å². The van der Waals surface area contributed by atoms with Crippen LogP contribution in [0.2, 0.25) is 0 Å². The van der Waals surface area contributed by atoms with Gasteiger partial charge in [-0.05, 0) is 49.6 Å². The molecule has 1 spiro atoms. The van der Waals surface area contributed by atoms with Gasteiger partial charge in [-0.15, -0.1) is 0 Å². The molecule has 3 heterocycles. The van der Waals surface area contributed by atoms with Crippen molar-refractivity contribution >= 4 is 27.5 Å². The zero-order valence-corrected chi connectivity index (χ0v) is 21.4. The van der Waals surface area contributed by atoms with Gasteiger partial charge in [0, 0.05) is 38.8 Å². The molecule has 1 N–H and O–H groups in total. The summed E-state index contributed by atoms with van der Waals surface area (Å²) in [5.41, 5.74) is 2.97. The highest BCUT2D eigenvalue weighted by Gasteiger charge is 2.73. The van der Waals surface area contributed by atoms with Gasteiger partial charge in [-0.3, -0.25) is 19.8 Å². The van der Waals surface area contributed by atoms with E-state index in [0.717, 1.165) is 28.4 Å². The number of halogens is 1. The third-order valence-electron chi connectivity index (χ3n) is 7.94. The lowest BCUT2D eigenvalue weighted by molar-refractivity contribution is -0.534. The molecule has 8 heteroatoms. The maximum absolute atomic E-state index is 13.7. The summed E-state index contributed by atoms with van der Waals surface area (Å²) < 4.78 is 7.12. The molecule has 3 aromatic carbocycles. The van der Waals surface area contributed by atoms with Crippen molar-refractivity contribution < 1.29 is 14.5 Å². The number of nitrogens with one attached hydrogen (secondary N) is 1. The second kappa shape index (κ2) is 8.71. The van der Waals surface area contributed by atoms with Gasteiger partial charge >= 0.3 is 0 Å². The SMILES string of the molecule is Cc1ccc(COc2ccc(Br)cc2[C@H]2[C@H]([N+](=O)[O-])[C@]3(C(=O)Nc4ccccc43)N3CCC[C@@H]23)cc1. The minimum Gasteiger partial charge on any atom is -0.489 e. The molecule has 4 atom stereocenters. The number of nitro groups is 1. The van der Waals surface area contributed by atoms with Gasteiger partial charge in [-0.25, -0.2) is 0 Å². The summed E-state index contributed by atoms with van der Waals surface area (Å²) in [6.45, 7) is 3.03. The second-order valence-corrected chi connectivity index (χ2v) is 10.8. The second-order valence-electron chi connectivity index (χ2n) is 9.88. The minimum absolute atomic E-state index is 0.145. The van der Waals surface area contributed by atoms with Crippen molar-refractivity contribution in [2.24, 2.45) is 0 Å². The van der Waals surface area contributed by atoms with Crippen molar-refractivity contribution in [1.82, 2.24) is 4.90 Å². The van der Waals surface area contributed by atoms with Gasteiger partial charge in [-0.1, -0.05) is 64.0 Å². The molecule has 0 bridgehead atoms. The van der Waals surface area contributed by atoms with Crippen LogP contribution >= 0.6 is 15.9 Å². The van der Waals surface area contributed by atoms with Crippen LogP contribution in [0.4, 0.5) is 5.69 Å². The Balaban J connectivity index is 1.47. The Bertz CT molecular complexity index is 1360. The molecule has 1 amide bonds. The Morgan fingerprint density at radius 3 is 2.72 bits per heavy atom. The number of benzene rings is 3. The number of rotatable bonds is 5. The van der Waals surface area contributed by atoms with Gasteiger partial charge < -0.3 is 10.1 Å². The number of amides is 1. The van der Waals surface area contributed by atoms with Crippen LogP contribution in [0.5, 0.6) is 5.75 Å². The number of fused-ring (bicyclic) bond motifs is 4. The largest absolute Gasteiger partial charge is 0.489 e. The highest BCUT2D eigenvalue weighted by atomic mass is 79.9. The van der Waals surface area contributed by atoms with E-state index in [1.54, 1.807) is 0 Å². The molecule has 3 aliphatic heterocycles. The topological polar surface area (TPSA) is 84.7 Å². The Labute approximate surface area is 217 Å². The maximum atomic E-state index is 13.7. The average molecular weight is 548 g/mol. The molecule has 2 fully saturated rings. The molecule has 0 radical (unpaired) electrons. The number of aryl methyl sites for hydroxylation is 1. The molecular weight excluding hydrogens is 522 g/mol. The van der Waals surface area contributed by atoms with E-state index in [4.69, 9.17) is 4.74 Å². The minimum atomic E-state index is -1.34. The van der Waals surface area contributed by atoms with Crippen molar-refractivity contribution in [2.45, 2.75) is 49.9 Å². The Hall–Kier alpha value is -3.23. The smallest absolute Gasteiger partial charge is 0.256 e. The molecule has 6 rings (SSSR count). The van der Waals surface area contributed by atoms with Gasteiger partial charge in [0.15, 0.2) is 5.54 Å². The predicted octanol–water partition coefficient (Wildman–Crippen LogP) is 5.39. The van der Waals surface area contributed by atoms with Crippen molar-refractivity contribution in [1.29, 1.82) is 0 Å². The number of nitrogens with zero attached hydrogens (tertiary/aromatic N) is 2. The molecule has 2 saturated heterocycles.